The first-order chi connectivity index (χ1) is 12.1. The first kappa shape index (κ1) is 38.3. The second-order valence-electron chi connectivity index (χ2n) is 4.31. The van der Waals surface area contributed by atoms with E-state index in [0.29, 0.717) is 0 Å². The third-order valence-electron chi connectivity index (χ3n) is 1.94. The van der Waals surface area contributed by atoms with E-state index in [2.05, 4.69) is 0 Å². The summed E-state index contributed by atoms with van der Waals surface area (Å²) < 4.78 is 0. The number of aliphatic hydroxyl groups is 3. The monoisotopic (exact) mass is 446 g/mol. The van der Waals surface area contributed by atoms with Crippen LogP contribution in [0.25, 0.3) is 0 Å². The Morgan fingerprint density at radius 2 is 0.862 bits per heavy atom. The molecule has 0 spiro atoms. The van der Waals surface area contributed by atoms with Gasteiger partial charge in [0.05, 0.1) is 24.9 Å². The summed E-state index contributed by atoms with van der Waals surface area (Å²) in [5.41, 5.74) is 0. The average molecular weight is 446 g/mol. The van der Waals surface area contributed by atoms with E-state index in [0.717, 1.165) is 0 Å². The molecule has 156 valence electrons. The van der Waals surface area contributed by atoms with Gasteiger partial charge in [-0.25, -0.2) is 9.59 Å². The Hall–Kier alpha value is -1.30. The van der Waals surface area contributed by atoms with Crippen LogP contribution in [-0.4, -0.2) is 89.9 Å². The fourth-order valence-electron chi connectivity index (χ4n) is 0.747. The summed E-state index contributed by atoms with van der Waals surface area (Å²) in [6, 6.07) is 0. The Morgan fingerprint density at radius 1 is 0.586 bits per heavy atom. The second-order valence-corrected chi connectivity index (χ2v) is 4.31. The Morgan fingerprint density at radius 3 is 0.931 bits per heavy atom. The van der Waals surface area contributed by atoms with Crippen molar-refractivity contribution in [3.8, 4) is 0 Å². The smallest absolute Gasteiger partial charge is 0.550 e. The van der Waals surface area contributed by atoms with Crippen LogP contribution in [0.5, 0.6) is 0 Å². The predicted molar refractivity (Wildman–Crippen MR) is 72.4 cm³/mol. The number of carbonyl (C=O) groups excluding carboxylic acids is 2. The summed E-state index contributed by atoms with van der Waals surface area (Å²) in [5.74, 6) is -9.12. The van der Waals surface area contributed by atoms with E-state index in [9.17, 15) is 39.0 Å². The minimum atomic E-state index is -1.96. The van der Waals surface area contributed by atoms with Gasteiger partial charge in [0.2, 0.25) is 0 Å². The topological polar surface area (TPSA) is 290 Å². The quantitative estimate of drug-likeness (QED) is 0.162. The van der Waals surface area contributed by atoms with Crippen molar-refractivity contribution in [3.63, 3.8) is 0 Å². The molecule has 3 atom stereocenters. The summed E-state index contributed by atoms with van der Waals surface area (Å²) in [5, 5.41) is 75.6. The molecule has 0 saturated carbocycles. The Bertz CT molecular complexity index is 473. The molecule has 7 N–H and O–H groups in total. The molecule has 0 aromatic rings. The average Bonchev–Trinajstić information content (AvgIpc) is 2.46. The van der Waals surface area contributed by atoms with Gasteiger partial charge in [-0.2, -0.15) is 0 Å². The molecule has 0 aromatic heterocycles. The van der Waals surface area contributed by atoms with Gasteiger partial charge in [-0.05, 0) is 0 Å². The van der Waals surface area contributed by atoms with Crippen LogP contribution in [0.4, 0.5) is 0 Å². The van der Waals surface area contributed by atoms with E-state index < -0.39 is 73.4 Å². The Labute approximate surface area is 206 Å². The Kier molecular flexibility index (Phi) is 28.3. The summed E-state index contributed by atoms with van der Waals surface area (Å²) in [4.78, 5) is 58.0. The van der Waals surface area contributed by atoms with Crippen LogP contribution >= 0.6 is 0 Å². The Balaban J connectivity index is -0.0000000960. The van der Waals surface area contributed by atoms with E-state index in [-0.39, 0.29) is 59.1 Å². The number of carbonyl (C=O) groups is 6. The van der Waals surface area contributed by atoms with Crippen LogP contribution in [0.3, 0.4) is 0 Å². The zero-order valence-electron chi connectivity index (χ0n) is 15.2. The van der Waals surface area contributed by atoms with Crippen molar-refractivity contribution in [2.45, 2.75) is 37.6 Å². The zero-order chi connectivity index (χ0) is 22.3. The summed E-state index contributed by atoms with van der Waals surface area (Å²) in [7, 11) is 0. The largest absolute Gasteiger partial charge is 1.00 e. The number of hydrogen-bond acceptors (Lipinski definition) is 11. The predicted octanol–water partition coefficient (Wildman–Crippen LogP) is -11.9. The maximum absolute atomic E-state index is 9.72. The van der Waals surface area contributed by atoms with Gasteiger partial charge in [-0.3, -0.25) is 9.59 Å². The zero-order valence-corrected chi connectivity index (χ0v) is 19.2. The molecule has 29 heavy (non-hydrogen) atoms. The van der Waals surface area contributed by atoms with Crippen molar-refractivity contribution >= 4 is 35.8 Å². The molecule has 17 heteroatoms. The van der Waals surface area contributed by atoms with Crippen LogP contribution in [0, 0.1) is 0 Å². The van der Waals surface area contributed by atoms with Gasteiger partial charge in [0, 0.05) is 12.4 Å². The first-order valence-corrected chi connectivity index (χ1v) is 6.45. The minimum absolute atomic E-state index is 0. The molecule has 0 aliphatic carbocycles. The summed E-state index contributed by atoms with van der Waals surface area (Å²) in [6.07, 6.45) is -7.98. The standard InChI is InChI=1S/3C4H6O5.2Na/c3*5-2(4(8)9)1-3(6)7;;/h3*2,5H,1H2,(H,6,7)(H,8,9);;/q;;;2*+1/p-2. The molecule has 0 rings (SSSR count). The van der Waals surface area contributed by atoms with Gasteiger partial charge in [-0.15, -0.1) is 0 Å². The van der Waals surface area contributed by atoms with Gasteiger partial charge in [0.15, 0.2) is 12.2 Å². The molecular formula is C12H16Na2O15. The van der Waals surface area contributed by atoms with Crippen molar-refractivity contribution in [2.24, 2.45) is 0 Å². The van der Waals surface area contributed by atoms with Gasteiger partial charge < -0.3 is 55.5 Å². The van der Waals surface area contributed by atoms with Gasteiger partial charge in [0.25, 0.3) is 0 Å². The van der Waals surface area contributed by atoms with E-state index in [4.69, 9.17) is 35.7 Å². The maximum atomic E-state index is 9.72. The van der Waals surface area contributed by atoms with Crippen LogP contribution < -0.4 is 69.3 Å². The van der Waals surface area contributed by atoms with Crippen molar-refractivity contribution < 1.29 is 134 Å². The first-order valence-electron chi connectivity index (χ1n) is 6.45. The maximum Gasteiger partial charge on any atom is 1.00 e. The van der Waals surface area contributed by atoms with Gasteiger partial charge >= 0.3 is 83.0 Å². The molecule has 0 aliphatic rings. The van der Waals surface area contributed by atoms with E-state index >= 15 is 0 Å². The second kappa shape index (κ2) is 21.4. The molecule has 0 bridgehead atoms. The molecule has 0 fully saturated rings. The molecule has 15 nitrogen and oxygen atoms in total. The summed E-state index contributed by atoms with van der Waals surface area (Å²) in [6.45, 7) is 0. The van der Waals surface area contributed by atoms with E-state index in [1.165, 1.54) is 0 Å². The fraction of sp³-hybridized carbons (Fsp3) is 0.500. The van der Waals surface area contributed by atoms with Crippen LogP contribution in [-0.2, 0) is 28.8 Å². The molecule has 0 heterocycles. The molecule has 3 unspecified atom stereocenters. The normalized spacial score (nSPS) is 11.7. The number of aliphatic hydroxyl groups excluding tert-OH is 3. The van der Waals surface area contributed by atoms with Gasteiger partial charge in [-0.1, -0.05) is 0 Å². The molecular weight excluding hydrogens is 430 g/mol. The third-order valence-corrected chi connectivity index (χ3v) is 1.94. The van der Waals surface area contributed by atoms with Crippen LogP contribution in [0.15, 0.2) is 0 Å². The molecule has 0 amide bonds. The van der Waals surface area contributed by atoms with Crippen molar-refractivity contribution in [1.29, 1.82) is 0 Å². The fourth-order valence-corrected chi connectivity index (χ4v) is 0.747. The molecule has 0 aliphatic heterocycles. The number of carboxylic acids is 6. The number of carboxylic acid groups (broad SMARTS) is 6. The SMILES string of the molecule is O=C(O)CC(O)C(=O)O.O=C(O)CC(O)C(=O)O.O=C([O-])CC(O)C(=O)[O-].[Na+].[Na+]. The van der Waals surface area contributed by atoms with Crippen molar-refractivity contribution in [1.82, 2.24) is 0 Å². The van der Waals surface area contributed by atoms with Crippen LogP contribution in [0.2, 0.25) is 0 Å². The summed E-state index contributed by atoms with van der Waals surface area (Å²) >= 11 is 0. The van der Waals surface area contributed by atoms with E-state index in [1.807, 2.05) is 0 Å². The number of rotatable bonds is 9. The minimum Gasteiger partial charge on any atom is -0.550 e. The number of aliphatic carboxylic acids is 6. The molecule has 0 radical (unpaired) electrons. The third kappa shape index (κ3) is 31.6. The van der Waals surface area contributed by atoms with Crippen LogP contribution in [0.1, 0.15) is 19.3 Å². The van der Waals surface area contributed by atoms with E-state index in [1.54, 1.807) is 0 Å². The van der Waals surface area contributed by atoms with Gasteiger partial charge in [0.1, 0.15) is 0 Å². The van der Waals surface area contributed by atoms with Crippen molar-refractivity contribution in [3.05, 3.63) is 0 Å². The number of hydrogen-bond donors (Lipinski definition) is 7. The molecule has 0 saturated heterocycles. The molecule has 0 aromatic carbocycles. The van der Waals surface area contributed by atoms with Crippen molar-refractivity contribution in [2.75, 3.05) is 0 Å².